The molecule has 0 spiro atoms. The highest BCUT2D eigenvalue weighted by atomic mass is 16.5. The number of anilines is 1. The van der Waals surface area contributed by atoms with Gasteiger partial charge in [0, 0.05) is 30.9 Å². The van der Waals surface area contributed by atoms with E-state index in [-0.39, 0.29) is 5.54 Å². The lowest BCUT2D eigenvalue weighted by atomic mass is 9.98. The molecule has 0 N–H and O–H groups in total. The fourth-order valence-corrected chi connectivity index (χ4v) is 2.67. The summed E-state index contributed by atoms with van der Waals surface area (Å²) < 4.78 is 3.86. The van der Waals surface area contributed by atoms with Crippen molar-refractivity contribution in [3.05, 3.63) is 29.8 Å². The van der Waals surface area contributed by atoms with Gasteiger partial charge in [-0.2, -0.15) is 0 Å². The number of nitrogens with zero attached hydrogens (tertiary/aromatic N) is 2. The zero-order chi connectivity index (χ0) is 17.2. The van der Waals surface area contributed by atoms with Crippen molar-refractivity contribution in [2.24, 2.45) is 0 Å². The third-order valence-electron chi connectivity index (χ3n) is 3.50. The van der Waals surface area contributed by atoms with Crippen LogP contribution >= 0.6 is 0 Å². The minimum Gasteiger partial charge on any atom is -0.471 e. The van der Waals surface area contributed by atoms with Crippen molar-refractivity contribution in [2.45, 2.75) is 40.2 Å². The molecule has 1 aromatic carbocycles. The van der Waals surface area contributed by atoms with Crippen LogP contribution in [0.25, 0.3) is 0 Å². The molecule has 0 atom stereocenters. The Bertz CT molecular complexity index is 433. The molecule has 2 rings (SSSR count). The van der Waals surface area contributed by atoms with Gasteiger partial charge in [-0.1, -0.05) is 26.0 Å². The molecular formula is C18H32N2O2. The average Bonchev–Trinajstić information content (AvgIpc) is 2.48. The molecule has 0 amide bonds. The average molecular weight is 308 g/mol. The first-order chi connectivity index (χ1) is 10.4. The van der Waals surface area contributed by atoms with E-state index in [4.69, 9.17) is 4.79 Å². The van der Waals surface area contributed by atoms with Crippen LogP contribution in [-0.2, 0) is 9.53 Å². The van der Waals surface area contributed by atoms with Crippen molar-refractivity contribution in [1.29, 1.82) is 0 Å². The monoisotopic (exact) mass is 308 g/mol. The highest BCUT2D eigenvalue weighted by Gasteiger charge is 2.32. The molecule has 1 aliphatic heterocycles. The topological polar surface area (TPSA) is 32.8 Å². The van der Waals surface area contributed by atoms with Gasteiger partial charge in [0.05, 0.1) is 7.11 Å². The molecule has 126 valence electrons. The van der Waals surface area contributed by atoms with Crippen LogP contribution in [0.1, 0.15) is 33.3 Å². The summed E-state index contributed by atoms with van der Waals surface area (Å²) in [6.45, 7) is 14.6. The van der Waals surface area contributed by atoms with Crippen LogP contribution in [0.4, 0.5) is 5.69 Å². The summed E-state index contributed by atoms with van der Waals surface area (Å²) in [6, 6.07) is 8.82. The Hall–Kier alpha value is -1.55. The van der Waals surface area contributed by atoms with Gasteiger partial charge < -0.3 is 14.5 Å². The van der Waals surface area contributed by atoms with Crippen molar-refractivity contribution in [1.82, 2.24) is 4.90 Å². The van der Waals surface area contributed by atoms with E-state index in [0.29, 0.717) is 6.47 Å². The quantitative estimate of drug-likeness (QED) is 0.785. The largest absolute Gasteiger partial charge is 0.471 e. The lowest BCUT2D eigenvalue weighted by Gasteiger charge is -2.47. The first-order valence-electron chi connectivity index (χ1n) is 7.90. The molecule has 4 nitrogen and oxygen atoms in total. The van der Waals surface area contributed by atoms with E-state index >= 15 is 0 Å². The fraction of sp³-hybridized carbons (Fsp3) is 0.611. The van der Waals surface area contributed by atoms with E-state index < -0.39 is 0 Å². The van der Waals surface area contributed by atoms with Crippen LogP contribution in [0.3, 0.4) is 0 Å². The van der Waals surface area contributed by atoms with Crippen LogP contribution < -0.4 is 4.90 Å². The SMILES string of the molecule is CC.COC=O.Cc1cccc(N2CCN(C)CC2(C)C)c1. The molecular weight excluding hydrogens is 276 g/mol. The van der Waals surface area contributed by atoms with Crippen molar-refractivity contribution < 1.29 is 9.53 Å². The third-order valence-corrected chi connectivity index (χ3v) is 3.50. The Morgan fingerprint density at radius 2 is 1.82 bits per heavy atom. The number of aryl methyl sites for hydroxylation is 1. The standard InChI is InChI=1S/C14H22N2.C2H4O2.C2H6/c1-12-6-5-7-13(10-12)16-9-8-15(4)11-14(16,2)3;1-4-2-3;1-2/h5-7,10H,8-9,11H2,1-4H3;2H,1H3;1-2H3. The summed E-state index contributed by atoms with van der Waals surface area (Å²) in [5.74, 6) is 0. The Morgan fingerprint density at radius 3 is 2.27 bits per heavy atom. The highest BCUT2D eigenvalue weighted by Crippen LogP contribution is 2.27. The minimum atomic E-state index is 0.223. The molecule has 0 aliphatic carbocycles. The Balaban J connectivity index is 0.000000640. The van der Waals surface area contributed by atoms with Gasteiger partial charge in [-0.25, -0.2) is 0 Å². The first-order valence-corrected chi connectivity index (χ1v) is 7.90. The lowest BCUT2D eigenvalue weighted by molar-refractivity contribution is -0.126. The molecule has 1 aliphatic rings. The van der Waals surface area contributed by atoms with Crippen molar-refractivity contribution in [3.8, 4) is 0 Å². The fourth-order valence-electron chi connectivity index (χ4n) is 2.67. The molecule has 1 saturated heterocycles. The van der Waals surface area contributed by atoms with Gasteiger partial charge in [-0.05, 0) is 45.5 Å². The van der Waals surface area contributed by atoms with Crippen LogP contribution in [-0.4, -0.2) is 50.7 Å². The Morgan fingerprint density at radius 1 is 1.23 bits per heavy atom. The van der Waals surface area contributed by atoms with E-state index in [1.807, 2.05) is 13.8 Å². The number of ether oxygens (including phenoxy) is 1. The predicted octanol–water partition coefficient (Wildman–Crippen LogP) is 3.34. The molecule has 0 saturated carbocycles. The predicted molar refractivity (Wildman–Crippen MR) is 94.5 cm³/mol. The lowest BCUT2D eigenvalue weighted by Crippen LogP contribution is -2.58. The van der Waals surface area contributed by atoms with E-state index in [1.54, 1.807) is 0 Å². The molecule has 1 aromatic rings. The van der Waals surface area contributed by atoms with Crippen LogP contribution in [0.5, 0.6) is 0 Å². The molecule has 0 unspecified atom stereocenters. The maximum Gasteiger partial charge on any atom is 0.292 e. The molecule has 1 heterocycles. The Labute approximate surface area is 136 Å². The molecule has 0 radical (unpaired) electrons. The van der Waals surface area contributed by atoms with Gasteiger partial charge in [-0.3, -0.25) is 4.79 Å². The summed E-state index contributed by atoms with van der Waals surface area (Å²) in [5.41, 5.74) is 2.92. The van der Waals surface area contributed by atoms with Crippen LogP contribution in [0.2, 0.25) is 0 Å². The second-order valence-electron chi connectivity index (χ2n) is 5.87. The van der Waals surface area contributed by atoms with E-state index in [0.717, 1.165) is 19.6 Å². The molecule has 0 bridgehead atoms. The second-order valence-corrected chi connectivity index (χ2v) is 5.87. The van der Waals surface area contributed by atoms with Crippen molar-refractivity contribution >= 4 is 12.2 Å². The summed E-state index contributed by atoms with van der Waals surface area (Å²) >= 11 is 0. The maximum absolute atomic E-state index is 8.95. The van der Waals surface area contributed by atoms with Crippen molar-refractivity contribution in [3.63, 3.8) is 0 Å². The third kappa shape index (κ3) is 6.48. The molecule has 0 aromatic heterocycles. The van der Waals surface area contributed by atoms with Gasteiger partial charge >= 0.3 is 0 Å². The number of methoxy groups -OCH3 is 1. The van der Waals surface area contributed by atoms with Crippen LogP contribution in [0, 0.1) is 6.92 Å². The van der Waals surface area contributed by atoms with Crippen LogP contribution in [0.15, 0.2) is 24.3 Å². The minimum absolute atomic E-state index is 0.223. The van der Waals surface area contributed by atoms with Gasteiger partial charge in [0.2, 0.25) is 0 Å². The number of likely N-dealkylation sites (N-methyl/N-ethyl adjacent to an activating group) is 1. The summed E-state index contributed by atoms with van der Waals surface area (Å²) in [7, 11) is 3.52. The number of hydrogen-bond acceptors (Lipinski definition) is 4. The summed E-state index contributed by atoms with van der Waals surface area (Å²) in [6.07, 6.45) is 0. The number of piperazine rings is 1. The van der Waals surface area contributed by atoms with E-state index in [9.17, 15) is 0 Å². The van der Waals surface area contributed by atoms with Gasteiger partial charge in [0.25, 0.3) is 6.47 Å². The first kappa shape index (κ1) is 20.5. The number of hydrogen-bond donors (Lipinski definition) is 0. The normalized spacial score (nSPS) is 16.6. The van der Waals surface area contributed by atoms with Gasteiger partial charge in [0.1, 0.15) is 0 Å². The highest BCUT2D eigenvalue weighted by molar-refractivity contribution is 5.51. The summed E-state index contributed by atoms with van der Waals surface area (Å²) in [4.78, 5) is 13.9. The summed E-state index contributed by atoms with van der Waals surface area (Å²) in [5, 5.41) is 0. The number of carbonyl (C=O) groups is 1. The molecule has 1 fully saturated rings. The Kier molecular flexibility index (Phi) is 9.50. The number of rotatable bonds is 2. The molecule has 22 heavy (non-hydrogen) atoms. The van der Waals surface area contributed by atoms with Gasteiger partial charge in [-0.15, -0.1) is 0 Å². The molecule has 4 heteroatoms. The zero-order valence-electron chi connectivity index (χ0n) is 15.2. The maximum atomic E-state index is 8.95. The zero-order valence-corrected chi connectivity index (χ0v) is 15.2. The smallest absolute Gasteiger partial charge is 0.292 e. The van der Waals surface area contributed by atoms with Crippen molar-refractivity contribution in [2.75, 3.05) is 38.7 Å². The van der Waals surface area contributed by atoms with E-state index in [1.165, 1.54) is 18.4 Å². The second kappa shape index (κ2) is 10.2. The van der Waals surface area contributed by atoms with Gasteiger partial charge in [0.15, 0.2) is 0 Å². The number of carbonyl (C=O) groups excluding carboxylic acids is 1. The van der Waals surface area contributed by atoms with E-state index in [2.05, 4.69) is 66.6 Å². The number of benzene rings is 1.